The highest BCUT2D eigenvalue weighted by atomic mass is 35.5. The average molecular weight is 404 g/mol. The number of ether oxygens (including phenoxy) is 3. The lowest BCUT2D eigenvalue weighted by Crippen LogP contribution is -2.34. The van der Waals surface area contributed by atoms with Crippen LogP contribution in [0.3, 0.4) is 0 Å². The molecule has 0 saturated carbocycles. The smallest absolute Gasteiger partial charge is 0.254 e. The predicted molar refractivity (Wildman–Crippen MR) is 110 cm³/mol. The van der Waals surface area contributed by atoms with Crippen LogP contribution in [0.2, 0.25) is 5.02 Å². The molecule has 5 nitrogen and oxygen atoms in total. The average Bonchev–Trinajstić information content (AvgIpc) is 2.99. The van der Waals surface area contributed by atoms with Gasteiger partial charge in [-0.25, -0.2) is 0 Å². The number of benzene rings is 2. The van der Waals surface area contributed by atoms with Crippen LogP contribution in [0.15, 0.2) is 36.4 Å². The van der Waals surface area contributed by atoms with Gasteiger partial charge >= 0.3 is 0 Å². The number of rotatable bonds is 5. The highest BCUT2D eigenvalue weighted by Gasteiger charge is 2.26. The van der Waals surface area contributed by atoms with Gasteiger partial charge in [-0.3, -0.25) is 4.79 Å². The summed E-state index contributed by atoms with van der Waals surface area (Å²) in [5.41, 5.74) is 1.75. The fourth-order valence-electron chi connectivity index (χ4n) is 3.72. The summed E-state index contributed by atoms with van der Waals surface area (Å²) in [4.78, 5) is 15.2. The summed E-state index contributed by atoms with van der Waals surface area (Å²) in [6.45, 7) is 1.41. The second-order valence-electron chi connectivity index (χ2n) is 6.91. The van der Waals surface area contributed by atoms with Gasteiger partial charge < -0.3 is 19.1 Å². The SMILES string of the molecule is COc1cc(C(=O)N2CCCCC(c3ccc(Cl)cc3)C2)cc(OC)c1OC. The maximum atomic E-state index is 13.3. The van der Waals surface area contributed by atoms with Crippen LogP contribution in [0.5, 0.6) is 17.2 Å². The molecular weight excluding hydrogens is 378 g/mol. The monoisotopic (exact) mass is 403 g/mol. The Morgan fingerprint density at radius 3 is 2.21 bits per heavy atom. The van der Waals surface area contributed by atoms with Crippen LogP contribution in [-0.4, -0.2) is 45.2 Å². The number of halogens is 1. The molecule has 0 bridgehead atoms. The summed E-state index contributed by atoms with van der Waals surface area (Å²) >= 11 is 6.03. The van der Waals surface area contributed by atoms with E-state index in [1.54, 1.807) is 33.5 Å². The van der Waals surface area contributed by atoms with Gasteiger partial charge in [0, 0.05) is 29.6 Å². The third kappa shape index (κ3) is 4.36. The molecule has 1 heterocycles. The molecule has 150 valence electrons. The summed E-state index contributed by atoms with van der Waals surface area (Å²) in [6, 6.07) is 11.4. The Bertz CT molecular complexity index is 797. The first-order chi connectivity index (χ1) is 13.6. The Hall–Kier alpha value is -2.40. The highest BCUT2D eigenvalue weighted by Crippen LogP contribution is 2.39. The number of carbonyl (C=O) groups excluding carboxylic acids is 1. The van der Waals surface area contributed by atoms with Gasteiger partial charge in [-0.1, -0.05) is 30.2 Å². The van der Waals surface area contributed by atoms with Crippen LogP contribution < -0.4 is 14.2 Å². The number of hydrogen-bond donors (Lipinski definition) is 0. The van der Waals surface area contributed by atoms with Crippen molar-refractivity contribution < 1.29 is 19.0 Å². The van der Waals surface area contributed by atoms with Crippen molar-refractivity contribution >= 4 is 17.5 Å². The third-order valence-corrected chi connectivity index (χ3v) is 5.46. The number of nitrogens with zero attached hydrogens (tertiary/aromatic N) is 1. The number of amides is 1. The van der Waals surface area contributed by atoms with Crippen LogP contribution in [0, 0.1) is 0 Å². The number of methoxy groups -OCH3 is 3. The van der Waals surface area contributed by atoms with E-state index in [1.165, 1.54) is 5.56 Å². The summed E-state index contributed by atoms with van der Waals surface area (Å²) < 4.78 is 16.1. The molecule has 6 heteroatoms. The summed E-state index contributed by atoms with van der Waals surface area (Å²) in [7, 11) is 4.65. The van der Waals surface area contributed by atoms with Crippen LogP contribution >= 0.6 is 11.6 Å². The van der Waals surface area contributed by atoms with Crippen molar-refractivity contribution in [1.82, 2.24) is 4.90 Å². The first kappa shape index (κ1) is 20.3. The van der Waals surface area contributed by atoms with Gasteiger partial charge in [-0.05, 0) is 42.7 Å². The fourth-order valence-corrected chi connectivity index (χ4v) is 3.85. The Balaban J connectivity index is 1.87. The molecule has 1 fully saturated rings. The van der Waals surface area contributed by atoms with Crippen LogP contribution in [0.4, 0.5) is 0 Å². The number of hydrogen-bond acceptors (Lipinski definition) is 4. The molecule has 0 aliphatic carbocycles. The van der Waals surface area contributed by atoms with E-state index < -0.39 is 0 Å². The Morgan fingerprint density at radius 2 is 1.64 bits per heavy atom. The maximum absolute atomic E-state index is 13.3. The Kier molecular flexibility index (Phi) is 6.68. The minimum Gasteiger partial charge on any atom is -0.493 e. The third-order valence-electron chi connectivity index (χ3n) is 5.21. The largest absolute Gasteiger partial charge is 0.493 e. The number of carbonyl (C=O) groups is 1. The minimum atomic E-state index is -0.0277. The molecule has 3 rings (SSSR count). The van der Waals surface area contributed by atoms with Gasteiger partial charge in [-0.15, -0.1) is 0 Å². The van der Waals surface area contributed by atoms with Gasteiger partial charge in [0.25, 0.3) is 5.91 Å². The van der Waals surface area contributed by atoms with Gasteiger partial charge in [0.15, 0.2) is 11.5 Å². The normalized spacial score (nSPS) is 17.0. The zero-order valence-corrected chi connectivity index (χ0v) is 17.3. The fraction of sp³-hybridized carbons (Fsp3) is 0.409. The highest BCUT2D eigenvalue weighted by molar-refractivity contribution is 6.30. The lowest BCUT2D eigenvalue weighted by atomic mass is 9.94. The first-order valence-corrected chi connectivity index (χ1v) is 9.80. The molecule has 0 aromatic heterocycles. The zero-order valence-electron chi connectivity index (χ0n) is 16.5. The molecule has 2 aromatic rings. The lowest BCUT2D eigenvalue weighted by Gasteiger charge is -2.25. The van der Waals surface area contributed by atoms with E-state index in [-0.39, 0.29) is 5.91 Å². The molecule has 0 spiro atoms. The van der Waals surface area contributed by atoms with Crippen LogP contribution in [-0.2, 0) is 0 Å². The quantitative estimate of drug-likeness (QED) is 0.721. The molecule has 28 heavy (non-hydrogen) atoms. The second-order valence-corrected chi connectivity index (χ2v) is 7.35. The molecule has 0 radical (unpaired) electrons. The van der Waals surface area contributed by atoms with Crippen molar-refractivity contribution in [1.29, 1.82) is 0 Å². The van der Waals surface area contributed by atoms with Crippen LogP contribution in [0.1, 0.15) is 41.1 Å². The van der Waals surface area contributed by atoms with Gasteiger partial charge in [0.1, 0.15) is 0 Å². The molecule has 1 amide bonds. The van der Waals surface area contributed by atoms with Gasteiger partial charge in [-0.2, -0.15) is 0 Å². The molecular formula is C22H26ClNO4. The topological polar surface area (TPSA) is 48.0 Å². The lowest BCUT2D eigenvalue weighted by molar-refractivity contribution is 0.0753. The first-order valence-electron chi connectivity index (χ1n) is 9.42. The summed E-state index contributed by atoms with van der Waals surface area (Å²) in [5, 5.41) is 0.725. The molecule has 1 aliphatic rings. The predicted octanol–water partition coefficient (Wildman–Crippen LogP) is 4.78. The number of likely N-dealkylation sites (tertiary alicyclic amines) is 1. The Labute approximate surface area is 171 Å². The van der Waals surface area contributed by atoms with Crippen molar-refractivity contribution in [3.63, 3.8) is 0 Å². The summed E-state index contributed by atoms with van der Waals surface area (Å²) in [5.74, 6) is 1.71. The van der Waals surface area contributed by atoms with Crippen molar-refractivity contribution in [2.45, 2.75) is 25.2 Å². The van der Waals surface area contributed by atoms with Crippen molar-refractivity contribution in [2.24, 2.45) is 0 Å². The van der Waals surface area contributed by atoms with E-state index in [2.05, 4.69) is 12.1 Å². The second kappa shape index (κ2) is 9.20. The van der Waals surface area contributed by atoms with E-state index in [0.717, 1.165) is 30.8 Å². The van der Waals surface area contributed by atoms with Gasteiger partial charge in [0.2, 0.25) is 5.75 Å². The maximum Gasteiger partial charge on any atom is 0.254 e. The van der Waals surface area contributed by atoms with E-state index in [9.17, 15) is 4.79 Å². The molecule has 1 aliphatic heterocycles. The van der Waals surface area contributed by atoms with Crippen LogP contribution in [0.25, 0.3) is 0 Å². The molecule has 2 aromatic carbocycles. The standard InChI is InChI=1S/C22H26ClNO4/c1-26-19-12-17(13-20(27-2)21(19)28-3)22(25)24-11-5-4-6-16(14-24)15-7-9-18(23)10-8-15/h7-10,12-13,16H,4-6,11,14H2,1-3H3. The zero-order chi connectivity index (χ0) is 20.1. The molecule has 0 N–H and O–H groups in total. The Morgan fingerprint density at radius 1 is 1.00 bits per heavy atom. The minimum absolute atomic E-state index is 0.0277. The molecule has 1 atom stereocenters. The van der Waals surface area contributed by atoms with Crippen molar-refractivity contribution in [3.8, 4) is 17.2 Å². The molecule has 1 saturated heterocycles. The van der Waals surface area contributed by atoms with E-state index in [1.807, 2.05) is 17.0 Å². The van der Waals surface area contributed by atoms with Crippen molar-refractivity contribution in [3.05, 3.63) is 52.5 Å². The van der Waals surface area contributed by atoms with Gasteiger partial charge in [0.05, 0.1) is 21.3 Å². The van der Waals surface area contributed by atoms with E-state index in [0.29, 0.717) is 35.3 Å². The van der Waals surface area contributed by atoms with Crippen molar-refractivity contribution in [2.75, 3.05) is 34.4 Å². The summed E-state index contributed by atoms with van der Waals surface area (Å²) in [6.07, 6.45) is 3.13. The van der Waals surface area contributed by atoms with E-state index in [4.69, 9.17) is 25.8 Å². The molecule has 1 unspecified atom stereocenters. The van der Waals surface area contributed by atoms with E-state index >= 15 is 0 Å².